The van der Waals surface area contributed by atoms with Crippen LogP contribution in [0, 0.1) is 13.8 Å². The van der Waals surface area contributed by atoms with Crippen LogP contribution in [-0.2, 0) is 9.53 Å². The van der Waals surface area contributed by atoms with Crippen molar-refractivity contribution in [2.75, 3.05) is 46.5 Å². The predicted molar refractivity (Wildman–Crippen MR) is 120 cm³/mol. The SMILES string of the molecule is COc1cccc([C@H]2C(C(=O)c3sc(C)nc3C)=C(O)C(=O)N2CCN2CCOCC2)c1. The van der Waals surface area contributed by atoms with Crippen LogP contribution in [-0.4, -0.2) is 78.1 Å². The maximum Gasteiger partial charge on any atom is 0.290 e. The molecule has 0 bridgehead atoms. The summed E-state index contributed by atoms with van der Waals surface area (Å²) in [4.78, 5) is 35.3. The van der Waals surface area contributed by atoms with Crippen LogP contribution in [0.15, 0.2) is 35.6 Å². The summed E-state index contributed by atoms with van der Waals surface area (Å²) in [6.45, 7) is 7.49. The summed E-state index contributed by atoms with van der Waals surface area (Å²) < 4.78 is 10.8. The van der Waals surface area contributed by atoms with Gasteiger partial charge in [-0.15, -0.1) is 11.3 Å². The van der Waals surface area contributed by atoms with E-state index in [2.05, 4.69) is 9.88 Å². The van der Waals surface area contributed by atoms with Crippen molar-refractivity contribution >= 4 is 23.0 Å². The summed E-state index contributed by atoms with van der Waals surface area (Å²) in [6.07, 6.45) is 0. The Morgan fingerprint density at radius 3 is 2.69 bits per heavy atom. The smallest absolute Gasteiger partial charge is 0.290 e. The van der Waals surface area contributed by atoms with Crippen LogP contribution in [0.1, 0.15) is 32.0 Å². The van der Waals surface area contributed by atoms with Crippen LogP contribution in [0.5, 0.6) is 5.75 Å². The van der Waals surface area contributed by atoms with Gasteiger partial charge in [-0.05, 0) is 31.5 Å². The average Bonchev–Trinajstić information content (AvgIpc) is 3.27. The minimum absolute atomic E-state index is 0.0944. The quantitative estimate of drug-likeness (QED) is 0.639. The number of Topliss-reactive ketones (excluding diaryl/α,β-unsaturated/α-hetero) is 1. The van der Waals surface area contributed by atoms with Gasteiger partial charge >= 0.3 is 0 Å². The minimum atomic E-state index is -0.701. The Hall–Kier alpha value is -2.75. The molecule has 1 aromatic carbocycles. The van der Waals surface area contributed by atoms with Crippen LogP contribution >= 0.6 is 11.3 Å². The lowest BCUT2D eigenvalue weighted by atomic mass is 9.95. The molecule has 0 unspecified atom stereocenters. The van der Waals surface area contributed by atoms with Gasteiger partial charge in [0.25, 0.3) is 5.91 Å². The molecular formula is C23H27N3O5S. The number of morpholine rings is 1. The number of methoxy groups -OCH3 is 1. The van der Waals surface area contributed by atoms with E-state index >= 15 is 0 Å². The molecule has 0 saturated carbocycles. The van der Waals surface area contributed by atoms with Crippen molar-refractivity contribution in [3.63, 3.8) is 0 Å². The number of aliphatic hydroxyl groups excluding tert-OH is 1. The van der Waals surface area contributed by atoms with E-state index in [4.69, 9.17) is 9.47 Å². The molecule has 0 spiro atoms. The molecule has 170 valence electrons. The maximum absolute atomic E-state index is 13.5. The molecule has 8 nitrogen and oxygen atoms in total. The fourth-order valence-electron chi connectivity index (χ4n) is 4.21. The highest BCUT2D eigenvalue weighted by Gasteiger charge is 2.44. The number of amides is 1. The molecule has 3 heterocycles. The van der Waals surface area contributed by atoms with E-state index in [1.165, 1.54) is 11.3 Å². The average molecular weight is 458 g/mol. The molecule has 2 aliphatic heterocycles. The molecule has 1 aromatic heterocycles. The molecule has 9 heteroatoms. The van der Waals surface area contributed by atoms with E-state index < -0.39 is 17.7 Å². The third-order valence-corrected chi connectivity index (χ3v) is 6.90. The molecule has 32 heavy (non-hydrogen) atoms. The van der Waals surface area contributed by atoms with E-state index in [1.807, 2.05) is 19.1 Å². The summed E-state index contributed by atoms with van der Waals surface area (Å²) in [6, 6.07) is 6.57. The van der Waals surface area contributed by atoms with Crippen molar-refractivity contribution in [3.8, 4) is 5.75 Å². The first-order chi connectivity index (χ1) is 15.4. The summed E-state index contributed by atoms with van der Waals surface area (Å²) in [7, 11) is 1.57. The number of nitrogens with zero attached hydrogens (tertiary/aromatic N) is 3. The van der Waals surface area contributed by atoms with Crippen molar-refractivity contribution in [2.24, 2.45) is 0 Å². The second kappa shape index (κ2) is 9.40. The molecule has 2 aromatic rings. The van der Waals surface area contributed by atoms with E-state index in [9.17, 15) is 14.7 Å². The van der Waals surface area contributed by atoms with Crippen LogP contribution in [0.4, 0.5) is 0 Å². The number of aryl methyl sites for hydroxylation is 2. The van der Waals surface area contributed by atoms with Gasteiger partial charge in [-0.25, -0.2) is 4.98 Å². The fraction of sp³-hybridized carbons (Fsp3) is 0.435. The Labute approximate surface area is 191 Å². The Balaban J connectivity index is 1.71. The zero-order valence-corrected chi connectivity index (χ0v) is 19.3. The van der Waals surface area contributed by atoms with Gasteiger partial charge in [-0.1, -0.05) is 12.1 Å². The molecular weight excluding hydrogens is 430 g/mol. The van der Waals surface area contributed by atoms with Crippen molar-refractivity contribution in [1.29, 1.82) is 0 Å². The monoisotopic (exact) mass is 457 g/mol. The Kier molecular flexibility index (Phi) is 6.59. The first-order valence-corrected chi connectivity index (χ1v) is 11.4. The Bertz CT molecular complexity index is 1060. The molecule has 2 aliphatic rings. The molecule has 0 aliphatic carbocycles. The number of benzene rings is 1. The van der Waals surface area contributed by atoms with E-state index in [0.29, 0.717) is 48.2 Å². The summed E-state index contributed by atoms with van der Waals surface area (Å²) >= 11 is 1.27. The number of aromatic nitrogens is 1. The van der Waals surface area contributed by atoms with Gasteiger partial charge in [0.15, 0.2) is 5.76 Å². The lowest BCUT2D eigenvalue weighted by molar-refractivity contribution is -0.129. The number of hydrogen-bond donors (Lipinski definition) is 1. The van der Waals surface area contributed by atoms with Crippen molar-refractivity contribution in [2.45, 2.75) is 19.9 Å². The topological polar surface area (TPSA) is 92.2 Å². The number of hydrogen-bond acceptors (Lipinski definition) is 8. The van der Waals surface area contributed by atoms with Gasteiger partial charge in [0.05, 0.1) is 47.5 Å². The highest BCUT2D eigenvalue weighted by Crippen LogP contribution is 2.40. The number of ketones is 1. The molecule has 1 N–H and O–H groups in total. The molecule has 1 saturated heterocycles. The standard InChI is InChI=1S/C23H27N3O5S/c1-14-22(32-15(2)24-14)20(27)18-19(16-5-4-6-17(13-16)30-3)26(23(29)21(18)28)8-7-25-9-11-31-12-10-25/h4-6,13,19,28H,7-12H2,1-3H3/t19-/m0/s1. The summed E-state index contributed by atoms with van der Waals surface area (Å²) in [5.41, 5.74) is 1.41. The highest BCUT2D eigenvalue weighted by atomic mass is 32.1. The summed E-state index contributed by atoms with van der Waals surface area (Å²) in [5, 5.41) is 11.6. The highest BCUT2D eigenvalue weighted by molar-refractivity contribution is 7.14. The van der Waals surface area contributed by atoms with E-state index in [-0.39, 0.29) is 11.4 Å². The van der Waals surface area contributed by atoms with Gasteiger partial charge < -0.3 is 19.5 Å². The van der Waals surface area contributed by atoms with Crippen LogP contribution in [0.2, 0.25) is 0 Å². The van der Waals surface area contributed by atoms with Crippen molar-refractivity contribution in [3.05, 3.63) is 56.7 Å². The fourth-order valence-corrected chi connectivity index (χ4v) is 5.09. The third kappa shape index (κ3) is 4.28. The maximum atomic E-state index is 13.5. The lowest BCUT2D eigenvalue weighted by Gasteiger charge is -2.31. The van der Waals surface area contributed by atoms with E-state index in [1.54, 1.807) is 31.1 Å². The zero-order valence-electron chi connectivity index (χ0n) is 18.5. The largest absolute Gasteiger partial charge is 0.503 e. The van der Waals surface area contributed by atoms with Crippen LogP contribution in [0.3, 0.4) is 0 Å². The Morgan fingerprint density at radius 1 is 1.28 bits per heavy atom. The summed E-state index contributed by atoms with van der Waals surface area (Å²) in [5.74, 6) is -0.768. The predicted octanol–water partition coefficient (Wildman–Crippen LogP) is 2.68. The second-order valence-corrected chi connectivity index (χ2v) is 9.07. The number of ether oxygens (including phenoxy) is 2. The number of carbonyl (C=O) groups excluding carboxylic acids is 2. The first kappa shape index (κ1) is 22.4. The first-order valence-electron chi connectivity index (χ1n) is 10.6. The third-order valence-electron chi connectivity index (χ3n) is 5.83. The number of carbonyl (C=O) groups is 2. The molecule has 1 fully saturated rings. The minimum Gasteiger partial charge on any atom is -0.503 e. The van der Waals surface area contributed by atoms with Gasteiger partial charge in [0.1, 0.15) is 5.75 Å². The molecule has 1 amide bonds. The number of rotatable bonds is 7. The molecule has 0 radical (unpaired) electrons. The molecule has 1 atom stereocenters. The van der Waals surface area contributed by atoms with Crippen molar-refractivity contribution < 1.29 is 24.2 Å². The van der Waals surface area contributed by atoms with Gasteiger partial charge in [0.2, 0.25) is 5.78 Å². The van der Waals surface area contributed by atoms with Gasteiger partial charge in [0, 0.05) is 26.2 Å². The number of aliphatic hydroxyl groups is 1. The van der Waals surface area contributed by atoms with Gasteiger partial charge in [-0.2, -0.15) is 0 Å². The normalized spacial score (nSPS) is 19.7. The lowest BCUT2D eigenvalue weighted by Crippen LogP contribution is -2.43. The second-order valence-electron chi connectivity index (χ2n) is 7.87. The van der Waals surface area contributed by atoms with Gasteiger partial charge in [-0.3, -0.25) is 14.5 Å². The molecule has 4 rings (SSSR count). The zero-order chi connectivity index (χ0) is 22.8. The van der Waals surface area contributed by atoms with Crippen LogP contribution < -0.4 is 4.74 Å². The van der Waals surface area contributed by atoms with E-state index in [0.717, 1.165) is 18.1 Å². The van der Waals surface area contributed by atoms with Crippen LogP contribution in [0.25, 0.3) is 0 Å². The van der Waals surface area contributed by atoms with Crippen molar-refractivity contribution in [1.82, 2.24) is 14.8 Å². The number of thiazole rings is 1. The Morgan fingerprint density at radius 2 is 2.03 bits per heavy atom.